The second-order valence-corrected chi connectivity index (χ2v) is 17.7. The van der Waals surface area contributed by atoms with Gasteiger partial charge in [0, 0.05) is 55.6 Å². The Labute approximate surface area is 397 Å². The molecule has 14 rings (SSSR count). The second kappa shape index (κ2) is 15.6. The number of aromatic nitrogens is 6. The summed E-state index contributed by atoms with van der Waals surface area (Å²) in [6, 6.07) is 84.3. The largest absolute Gasteiger partial charge is 0.309 e. The average molecular weight is 881 g/mol. The van der Waals surface area contributed by atoms with Crippen LogP contribution < -0.4 is 0 Å². The number of hydrogen-bond donors (Lipinski definition) is 0. The third-order valence-corrected chi connectivity index (χ3v) is 13.7. The summed E-state index contributed by atoms with van der Waals surface area (Å²) >= 11 is 0. The number of hydrogen-bond acceptors (Lipinski definition) is 3. The molecule has 0 aliphatic carbocycles. The van der Waals surface area contributed by atoms with E-state index in [-0.39, 0.29) is 0 Å². The van der Waals surface area contributed by atoms with Gasteiger partial charge in [0.15, 0.2) is 0 Å². The van der Waals surface area contributed by atoms with Crippen molar-refractivity contribution < 1.29 is 0 Å². The molecule has 322 valence electrons. The van der Waals surface area contributed by atoms with Gasteiger partial charge in [-0.1, -0.05) is 152 Å². The number of rotatable bonds is 7. The van der Waals surface area contributed by atoms with Gasteiger partial charge in [-0.15, -0.1) is 0 Å². The SMILES string of the molecule is c1ccc(-c2cc(-c3ccccc3)nc(-n3c4ccccc4c4ccc(-c5ccc6c(c5)c5ccccc5n6-c5ccc(-c6ccc7c(c6)c6ncccc6n7-c6ccccc6)cc5)cc43)n2)cc1. The summed E-state index contributed by atoms with van der Waals surface area (Å²) in [6.07, 6.45) is 1.88. The van der Waals surface area contributed by atoms with Gasteiger partial charge >= 0.3 is 0 Å². The van der Waals surface area contributed by atoms with Crippen molar-refractivity contribution in [2.24, 2.45) is 0 Å². The summed E-state index contributed by atoms with van der Waals surface area (Å²) in [5.41, 5.74) is 18.3. The molecule has 0 radical (unpaired) electrons. The van der Waals surface area contributed by atoms with Crippen LogP contribution in [0, 0.1) is 0 Å². The standard InChI is InChI=1S/C63H40N6/c1-4-15-42(16-5-1)54-40-55(43-17-6-2-7-18-43)66-63(65-54)69-57-24-13-10-21-49(57)51-33-28-46(39-61(51)69)45-30-34-58-52(37-45)50-22-11-12-23-56(50)67(58)48-31-26-41(27-32-48)44-29-35-59-53(38-44)62-60(25-14-36-64-62)68(59)47-19-8-3-9-20-47/h1-40H. The zero-order valence-corrected chi connectivity index (χ0v) is 37.3. The van der Waals surface area contributed by atoms with Crippen LogP contribution >= 0.6 is 0 Å². The average Bonchev–Trinajstić information content (AvgIpc) is 4.06. The normalized spacial score (nSPS) is 11.8. The van der Waals surface area contributed by atoms with Gasteiger partial charge in [-0.2, -0.15) is 0 Å². The minimum Gasteiger partial charge on any atom is -0.309 e. The molecule has 6 heteroatoms. The highest BCUT2D eigenvalue weighted by atomic mass is 15.2. The van der Waals surface area contributed by atoms with E-state index in [2.05, 4.69) is 232 Å². The fourth-order valence-corrected chi connectivity index (χ4v) is 10.5. The van der Waals surface area contributed by atoms with Gasteiger partial charge in [-0.25, -0.2) is 9.97 Å². The first-order chi connectivity index (χ1) is 34.2. The molecule has 9 aromatic carbocycles. The maximum atomic E-state index is 5.28. The third-order valence-electron chi connectivity index (χ3n) is 13.7. The molecular formula is C63H40N6. The predicted octanol–water partition coefficient (Wildman–Crippen LogP) is 15.8. The minimum absolute atomic E-state index is 0.635. The Morgan fingerprint density at radius 1 is 0.261 bits per heavy atom. The number of nitrogens with zero attached hydrogens (tertiary/aromatic N) is 6. The van der Waals surface area contributed by atoms with E-state index in [0.29, 0.717) is 5.95 Å². The Bertz CT molecular complexity index is 4220. The van der Waals surface area contributed by atoms with Crippen LogP contribution in [0.5, 0.6) is 0 Å². The lowest BCUT2D eigenvalue weighted by atomic mass is 10.0. The molecule has 0 bridgehead atoms. The maximum absolute atomic E-state index is 5.28. The molecule has 0 fully saturated rings. The third kappa shape index (κ3) is 6.30. The molecule has 0 amide bonds. The lowest BCUT2D eigenvalue weighted by Crippen LogP contribution is -2.04. The highest BCUT2D eigenvalue weighted by molar-refractivity contribution is 6.13. The summed E-state index contributed by atoms with van der Waals surface area (Å²) in [6.45, 7) is 0. The molecular weight excluding hydrogens is 841 g/mol. The summed E-state index contributed by atoms with van der Waals surface area (Å²) in [5, 5.41) is 5.86. The Morgan fingerprint density at radius 3 is 1.42 bits per heavy atom. The smallest absolute Gasteiger partial charge is 0.235 e. The van der Waals surface area contributed by atoms with Crippen molar-refractivity contribution in [2.45, 2.75) is 0 Å². The molecule has 0 atom stereocenters. The van der Waals surface area contributed by atoms with E-state index in [0.717, 1.165) is 105 Å². The molecule has 6 nitrogen and oxygen atoms in total. The molecule has 0 unspecified atom stereocenters. The topological polar surface area (TPSA) is 53.5 Å². The first kappa shape index (κ1) is 38.8. The van der Waals surface area contributed by atoms with Crippen LogP contribution in [0.25, 0.3) is 128 Å². The van der Waals surface area contributed by atoms with Gasteiger partial charge in [0.25, 0.3) is 0 Å². The first-order valence-corrected chi connectivity index (χ1v) is 23.3. The van der Waals surface area contributed by atoms with Gasteiger partial charge < -0.3 is 9.13 Å². The van der Waals surface area contributed by atoms with Gasteiger partial charge in [0.1, 0.15) is 0 Å². The maximum Gasteiger partial charge on any atom is 0.235 e. The molecule has 0 saturated carbocycles. The van der Waals surface area contributed by atoms with Crippen molar-refractivity contribution in [1.29, 1.82) is 0 Å². The summed E-state index contributed by atoms with van der Waals surface area (Å²) in [7, 11) is 0. The van der Waals surface area contributed by atoms with Crippen LogP contribution in [0.1, 0.15) is 0 Å². The first-order valence-electron chi connectivity index (χ1n) is 23.3. The van der Waals surface area contributed by atoms with Crippen LogP contribution in [-0.2, 0) is 0 Å². The second-order valence-electron chi connectivity index (χ2n) is 17.7. The lowest BCUT2D eigenvalue weighted by molar-refractivity contribution is 0.996. The molecule has 69 heavy (non-hydrogen) atoms. The van der Waals surface area contributed by atoms with Crippen molar-refractivity contribution in [3.05, 3.63) is 243 Å². The van der Waals surface area contributed by atoms with Gasteiger partial charge in [0.05, 0.1) is 50.0 Å². The van der Waals surface area contributed by atoms with Crippen molar-refractivity contribution in [3.8, 4) is 62.1 Å². The minimum atomic E-state index is 0.635. The predicted molar refractivity (Wildman–Crippen MR) is 285 cm³/mol. The van der Waals surface area contributed by atoms with Crippen LogP contribution in [0.4, 0.5) is 0 Å². The van der Waals surface area contributed by atoms with Gasteiger partial charge in [0.2, 0.25) is 5.95 Å². The molecule has 14 aromatic rings. The van der Waals surface area contributed by atoms with Crippen molar-refractivity contribution >= 4 is 65.5 Å². The molecule has 5 heterocycles. The van der Waals surface area contributed by atoms with Crippen LogP contribution in [0.15, 0.2) is 243 Å². The Balaban J connectivity index is 0.873. The van der Waals surface area contributed by atoms with Crippen molar-refractivity contribution in [3.63, 3.8) is 0 Å². The zero-order chi connectivity index (χ0) is 45.4. The van der Waals surface area contributed by atoms with Gasteiger partial charge in [-0.05, 0) is 107 Å². The Hall–Kier alpha value is -9.39. The van der Waals surface area contributed by atoms with Crippen molar-refractivity contribution in [2.75, 3.05) is 0 Å². The van der Waals surface area contributed by atoms with Crippen LogP contribution in [0.3, 0.4) is 0 Å². The molecule has 0 aliphatic rings. The molecule has 5 aromatic heterocycles. The van der Waals surface area contributed by atoms with Gasteiger partial charge in [-0.3, -0.25) is 9.55 Å². The number of para-hydroxylation sites is 3. The fourth-order valence-electron chi connectivity index (χ4n) is 10.5. The summed E-state index contributed by atoms with van der Waals surface area (Å²) in [5.74, 6) is 0.635. The van der Waals surface area contributed by atoms with E-state index in [1.165, 1.54) is 16.3 Å². The number of fused-ring (bicyclic) bond motifs is 9. The van der Waals surface area contributed by atoms with E-state index >= 15 is 0 Å². The van der Waals surface area contributed by atoms with E-state index < -0.39 is 0 Å². The summed E-state index contributed by atoms with van der Waals surface area (Å²) < 4.78 is 6.93. The van der Waals surface area contributed by atoms with Crippen LogP contribution in [-0.4, -0.2) is 28.7 Å². The summed E-state index contributed by atoms with van der Waals surface area (Å²) in [4.78, 5) is 15.4. The lowest BCUT2D eigenvalue weighted by Gasteiger charge is -2.12. The van der Waals surface area contributed by atoms with Crippen LogP contribution in [0.2, 0.25) is 0 Å². The highest BCUT2D eigenvalue weighted by Gasteiger charge is 2.20. The quantitative estimate of drug-likeness (QED) is 0.160. The molecule has 0 N–H and O–H groups in total. The van der Waals surface area contributed by atoms with E-state index in [4.69, 9.17) is 15.0 Å². The number of pyridine rings is 1. The van der Waals surface area contributed by atoms with E-state index in [9.17, 15) is 0 Å². The molecule has 0 saturated heterocycles. The van der Waals surface area contributed by atoms with E-state index in [1.807, 2.05) is 24.4 Å². The van der Waals surface area contributed by atoms with E-state index in [1.54, 1.807) is 0 Å². The zero-order valence-electron chi connectivity index (χ0n) is 37.3. The molecule has 0 spiro atoms. The Morgan fingerprint density at radius 2 is 0.725 bits per heavy atom. The van der Waals surface area contributed by atoms with Crippen molar-refractivity contribution in [1.82, 2.24) is 28.7 Å². The highest BCUT2D eigenvalue weighted by Crippen LogP contribution is 2.40. The Kier molecular flexibility index (Phi) is 8.79. The monoisotopic (exact) mass is 880 g/mol. The molecule has 0 aliphatic heterocycles. The number of benzene rings is 9. The fraction of sp³-hybridized carbons (Fsp3) is 0.